The average molecular weight is 298 g/mol. The van der Waals surface area contributed by atoms with Gasteiger partial charge in [0.15, 0.2) is 5.60 Å². The van der Waals surface area contributed by atoms with Crippen LogP contribution in [0.4, 0.5) is 8.78 Å². The first-order chi connectivity index (χ1) is 8.56. The van der Waals surface area contributed by atoms with Crippen LogP contribution in [-0.2, 0) is 28.6 Å². The zero-order valence-electron chi connectivity index (χ0n) is 10.1. The topological polar surface area (TPSA) is 78.9 Å². The van der Waals surface area contributed by atoms with Crippen molar-refractivity contribution >= 4 is 16.1 Å². The van der Waals surface area contributed by atoms with Gasteiger partial charge < -0.3 is 9.47 Å². The van der Waals surface area contributed by atoms with Crippen molar-refractivity contribution in [3.05, 3.63) is 0 Å². The molecule has 0 radical (unpaired) electrons. The number of fused-ring (bicyclic) bond motifs is 1. The van der Waals surface area contributed by atoms with Crippen LogP contribution in [0.25, 0.3) is 0 Å². The molecule has 19 heavy (non-hydrogen) atoms. The molecule has 3 heterocycles. The summed E-state index contributed by atoms with van der Waals surface area (Å²) in [5.74, 6) is -5.36. The van der Waals surface area contributed by atoms with Gasteiger partial charge in [0.25, 0.3) is 10.1 Å². The van der Waals surface area contributed by atoms with Crippen molar-refractivity contribution in [1.29, 1.82) is 0 Å². The molecule has 3 saturated heterocycles. The first kappa shape index (κ1) is 13.2. The maximum atomic E-state index is 12.9. The minimum absolute atomic E-state index is 0.0859. The van der Waals surface area contributed by atoms with Gasteiger partial charge in [0.1, 0.15) is 23.6 Å². The van der Waals surface area contributed by atoms with Gasteiger partial charge in [0.05, 0.1) is 0 Å². The van der Waals surface area contributed by atoms with E-state index in [-0.39, 0.29) is 6.42 Å². The second kappa shape index (κ2) is 3.44. The Bertz CT molecular complexity index is 541. The van der Waals surface area contributed by atoms with Crippen LogP contribution in [-0.4, -0.2) is 49.5 Å². The van der Waals surface area contributed by atoms with Crippen LogP contribution in [0.3, 0.4) is 0 Å². The lowest BCUT2D eigenvalue weighted by Gasteiger charge is -2.34. The second-order valence-corrected chi connectivity index (χ2v) is 7.12. The van der Waals surface area contributed by atoms with E-state index < -0.39 is 51.2 Å². The summed E-state index contributed by atoms with van der Waals surface area (Å²) in [5, 5.41) is -0.795. The van der Waals surface area contributed by atoms with Gasteiger partial charge in [-0.3, -0.25) is 4.18 Å². The van der Waals surface area contributed by atoms with E-state index in [1.54, 1.807) is 0 Å². The van der Waals surface area contributed by atoms with Gasteiger partial charge in [-0.05, 0) is 13.3 Å². The Labute approximate surface area is 108 Å². The molecule has 2 bridgehead atoms. The second-order valence-electron chi connectivity index (χ2n) is 5.33. The molecule has 0 aliphatic carbocycles. The van der Waals surface area contributed by atoms with E-state index in [0.717, 1.165) is 0 Å². The van der Waals surface area contributed by atoms with Gasteiger partial charge in [0, 0.05) is 6.92 Å². The third kappa shape index (κ3) is 1.64. The van der Waals surface area contributed by atoms with Crippen molar-refractivity contribution in [1.82, 2.24) is 0 Å². The van der Waals surface area contributed by atoms with E-state index in [2.05, 4.69) is 0 Å². The lowest BCUT2D eigenvalue weighted by Crippen LogP contribution is -2.53. The van der Waals surface area contributed by atoms with Crippen molar-refractivity contribution in [3.63, 3.8) is 0 Å². The monoisotopic (exact) mass is 298 g/mol. The molecule has 0 aromatic heterocycles. The molecule has 0 spiro atoms. The molecule has 0 amide bonds. The third-order valence-corrected chi connectivity index (χ3v) is 5.59. The fraction of sp³-hybridized carbons (Fsp3) is 0.900. The first-order valence-corrected chi connectivity index (χ1v) is 7.22. The van der Waals surface area contributed by atoms with Crippen molar-refractivity contribution in [2.24, 2.45) is 0 Å². The highest BCUT2D eigenvalue weighted by Crippen LogP contribution is 2.53. The summed E-state index contributed by atoms with van der Waals surface area (Å²) in [6, 6.07) is 0. The molecule has 0 N–H and O–H groups in total. The number of carbonyl (C=O) groups is 1. The van der Waals surface area contributed by atoms with Gasteiger partial charge >= 0.3 is 11.9 Å². The molecule has 0 saturated carbocycles. The maximum absolute atomic E-state index is 12.9. The summed E-state index contributed by atoms with van der Waals surface area (Å²) in [6.45, 7) is 1.78. The van der Waals surface area contributed by atoms with Gasteiger partial charge in [-0.15, -0.1) is 0 Å². The van der Waals surface area contributed by atoms with E-state index >= 15 is 0 Å². The largest absolute Gasteiger partial charge is 0.449 e. The maximum Gasteiger partial charge on any atom is 0.377 e. The predicted octanol–water partition coefficient (Wildman–Crippen LogP) is 0.212. The Hall–Kier alpha value is -0.800. The van der Waals surface area contributed by atoms with Crippen LogP contribution in [0.15, 0.2) is 0 Å². The van der Waals surface area contributed by atoms with E-state index in [4.69, 9.17) is 13.7 Å². The molecule has 108 valence electrons. The number of esters is 1. The molecule has 5 unspecified atom stereocenters. The smallest absolute Gasteiger partial charge is 0.377 e. The molecule has 0 aromatic rings. The Morgan fingerprint density at radius 3 is 2.68 bits per heavy atom. The predicted molar refractivity (Wildman–Crippen MR) is 56.0 cm³/mol. The standard InChI is InChI=1S/C10H12F2O6S/c1-9(17-8(13)10(2,11)12)5-3-4-6(16-5)7(9)18-19(4,14)15/h4-7H,3H2,1-2H3. The van der Waals surface area contributed by atoms with Crippen LogP contribution in [0.1, 0.15) is 20.3 Å². The molecule has 9 heteroatoms. The van der Waals surface area contributed by atoms with Gasteiger partial charge in [-0.25, -0.2) is 4.79 Å². The quantitative estimate of drug-likeness (QED) is 0.536. The summed E-state index contributed by atoms with van der Waals surface area (Å²) < 4.78 is 64.2. The fourth-order valence-corrected chi connectivity index (χ4v) is 4.56. The van der Waals surface area contributed by atoms with E-state index in [1.807, 2.05) is 0 Å². The fourth-order valence-electron chi connectivity index (χ4n) is 2.88. The van der Waals surface area contributed by atoms with Crippen molar-refractivity contribution in [3.8, 4) is 0 Å². The molecule has 3 fully saturated rings. The van der Waals surface area contributed by atoms with Crippen molar-refractivity contribution < 1.29 is 35.6 Å². The number of halogens is 2. The Kier molecular flexibility index (Phi) is 2.39. The highest BCUT2D eigenvalue weighted by molar-refractivity contribution is 7.87. The summed E-state index contributed by atoms with van der Waals surface area (Å²) in [5.41, 5.74) is -1.50. The molecular formula is C10H12F2O6S. The van der Waals surface area contributed by atoms with Crippen LogP contribution >= 0.6 is 0 Å². The number of rotatable bonds is 2. The number of carbonyl (C=O) groups excluding carboxylic acids is 1. The summed E-state index contributed by atoms with van der Waals surface area (Å²) in [6.07, 6.45) is -2.45. The number of hydrogen-bond donors (Lipinski definition) is 0. The molecule has 3 aliphatic rings. The Morgan fingerprint density at radius 1 is 1.47 bits per heavy atom. The minimum Gasteiger partial charge on any atom is -0.449 e. The van der Waals surface area contributed by atoms with Gasteiger partial charge in [0.2, 0.25) is 0 Å². The zero-order chi connectivity index (χ0) is 14.2. The highest BCUT2D eigenvalue weighted by atomic mass is 32.2. The van der Waals surface area contributed by atoms with Gasteiger partial charge in [-0.2, -0.15) is 17.2 Å². The SMILES string of the molecule is CC(F)(F)C(=O)OC1(C)C2CC3C(O2)C1OS3(=O)=O. The zero-order valence-corrected chi connectivity index (χ0v) is 10.9. The van der Waals surface area contributed by atoms with E-state index in [0.29, 0.717) is 6.92 Å². The molecule has 0 aromatic carbocycles. The van der Waals surface area contributed by atoms with E-state index in [9.17, 15) is 22.0 Å². The molecule has 5 atom stereocenters. The van der Waals surface area contributed by atoms with Gasteiger partial charge in [-0.1, -0.05) is 0 Å². The molecule has 6 nitrogen and oxygen atoms in total. The van der Waals surface area contributed by atoms with Crippen LogP contribution in [0, 0.1) is 0 Å². The molecule has 3 rings (SSSR count). The Morgan fingerprint density at radius 2 is 2.11 bits per heavy atom. The average Bonchev–Trinajstić information content (AvgIpc) is 2.81. The Balaban J connectivity index is 1.90. The van der Waals surface area contributed by atoms with Crippen LogP contribution in [0.5, 0.6) is 0 Å². The molecular weight excluding hydrogens is 286 g/mol. The number of hydrogen-bond acceptors (Lipinski definition) is 6. The first-order valence-electron chi connectivity index (χ1n) is 5.74. The third-order valence-electron chi connectivity index (χ3n) is 3.92. The van der Waals surface area contributed by atoms with Crippen molar-refractivity contribution in [2.45, 2.75) is 55.4 Å². The summed E-state index contributed by atoms with van der Waals surface area (Å²) >= 11 is 0. The lowest BCUT2D eigenvalue weighted by atomic mass is 9.83. The highest BCUT2D eigenvalue weighted by Gasteiger charge is 2.73. The van der Waals surface area contributed by atoms with E-state index in [1.165, 1.54) is 6.92 Å². The normalized spacial score (nSPS) is 46.5. The van der Waals surface area contributed by atoms with Crippen LogP contribution in [0.2, 0.25) is 0 Å². The minimum atomic E-state index is -3.78. The lowest BCUT2D eigenvalue weighted by molar-refractivity contribution is -0.194. The summed E-state index contributed by atoms with van der Waals surface area (Å²) in [7, 11) is -3.78. The van der Waals surface area contributed by atoms with Crippen LogP contribution < -0.4 is 0 Å². The molecule has 3 aliphatic heterocycles. The summed E-state index contributed by atoms with van der Waals surface area (Å²) in [4.78, 5) is 11.3. The number of ether oxygens (including phenoxy) is 2. The van der Waals surface area contributed by atoms with Crippen molar-refractivity contribution in [2.75, 3.05) is 0 Å². The number of alkyl halides is 2.